The number of anilines is 1. The van der Waals surface area contributed by atoms with Crippen molar-refractivity contribution in [2.75, 3.05) is 11.9 Å². The summed E-state index contributed by atoms with van der Waals surface area (Å²) in [6, 6.07) is 0. The molecular formula is C13H21N3O. The first-order valence-electron chi connectivity index (χ1n) is 6.42. The van der Waals surface area contributed by atoms with Crippen LogP contribution < -0.4 is 10.9 Å². The predicted octanol–water partition coefficient (Wildman–Crippen LogP) is 2.16. The first-order valence-corrected chi connectivity index (χ1v) is 6.42. The zero-order valence-corrected chi connectivity index (χ0v) is 10.7. The van der Waals surface area contributed by atoms with Crippen molar-refractivity contribution in [3.63, 3.8) is 0 Å². The number of hydrogen-bond acceptors (Lipinski definition) is 3. The summed E-state index contributed by atoms with van der Waals surface area (Å²) >= 11 is 0. The van der Waals surface area contributed by atoms with Gasteiger partial charge in [0.1, 0.15) is 0 Å². The summed E-state index contributed by atoms with van der Waals surface area (Å²) < 4.78 is 1.56. The van der Waals surface area contributed by atoms with Gasteiger partial charge in [0.15, 0.2) is 5.82 Å². The zero-order chi connectivity index (χ0) is 12.3. The second-order valence-corrected chi connectivity index (χ2v) is 5.11. The minimum absolute atomic E-state index is 0.0447. The van der Waals surface area contributed by atoms with Crippen molar-refractivity contribution in [1.29, 1.82) is 0 Å². The first-order chi connectivity index (χ1) is 8.17. The van der Waals surface area contributed by atoms with Crippen molar-refractivity contribution in [1.82, 2.24) is 9.55 Å². The van der Waals surface area contributed by atoms with Crippen molar-refractivity contribution in [3.05, 3.63) is 22.7 Å². The Hall–Kier alpha value is -1.32. The fraction of sp³-hybridized carbons (Fsp3) is 0.692. The van der Waals surface area contributed by atoms with Crippen molar-refractivity contribution >= 4 is 5.82 Å². The second-order valence-electron chi connectivity index (χ2n) is 5.11. The molecular weight excluding hydrogens is 214 g/mol. The minimum atomic E-state index is -0.0447. The smallest absolute Gasteiger partial charge is 0.293 e. The fourth-order valence-corrected chi connectivity index (χ4v) is 2.67. The Morgan fingerprint density at radius 2 is 2.18 bits per heavy atom. The number of nitrogens with one attached hydrogen (secondary N) is 1. The molecule has 4 heteroatoms. The molecule has 0 bridgehead atoms. The molecule has 1 aromatic rings. The lowest BCUT2D eigenvalue weighted by atomic mass is 9.83. The molecule has 1 saturated carbocycles. The van der Waals surface area contributed by atoms with Gasteiger partial charge < -0.3 is 9.88 Å². The molecule has 1 fully saturated rings. The SMILES string of the molecule is CCC1(CNc2nccn(C)c2=O)CCCC1. The lowest BCUT2D eigenvalue weighted by Crippen LogP contribution is -2.30. The molecule has 0 amide bonds. The molecule has 94 valence electrons. The van der Waals surface area contributed by atoms with Gasteiger partial charge in [-0.3, -0.25) is 4.79 Å². The maximum absolute atomic E-state index is 11.8. The lowest BCUT2D eigenvalue weighted by Gasteiger charge is -2.27. The van der Waals surface area contributed by atoms with Gasteiger partial charge in [0.05, 0.1) is 0 Å². The molecule has 0 aromatic carbocycles. The van der Waals surface area contributed by atoms with Crippen LogP contribution in [0.25, 0.3) is 0 Å². The number of aryl methyl sites for hydroxylation is 1. The molecule has 0 atom stereocenters. The molecule has 1 N–H and O–H groups in total. The number of nitrogens with zero attached hydrogens (tertiary/aromatic N) is 2. The first kappa shape index (κ1) is 12.1. The van der Waals surface area contributed by atoms with Crippen LogP contribution in [0.1, 0.15) is 39.0 Å². The second kappa shape index (κ2) is 4.90. The van der Waals surface area contributed by atoms with Crippen LogP contribution in [0.2, 0.25) is 0 Å². The molecule has 0 radical (unpaired) electrons. The predicted molar refractivity (Wildman–Crippen MR) is 69.2 cm³/mol. The average Bonchev–Trinajstić information content (AvgIpc) is 2.81. The van der Waals surface area contributed by atoms with E-state index in [-0.39, 0.29) is 5.56 Å². The van der Waals surface area contributed by atoms with Crippen LogP contribution in [0, 0.1) is 5.41 Å². The van der Waals surface area contributed by atoms with Crippen LogP contribution in [0.4, 0.5) is 5.82 Å². The molecule has 1 aliphatic carbocycles. The molecule has 2 rings (SSSR count). The molecule has 0 saturated heterocycles. The Morgan fingerprint density at radius 1 is 1.47 bits per heavy atom. The third kappa shape index (κ3) is 2.51. The van der Waals surface area contributed by atoms with Gasteiger partial charge in [-0.15, -0.1) is 0 Å². The van der Waals surface area contributed by atoms with E-state index in [1.807, 2.05) is 0 Å². The van der Waals surface area contributed by atoms with Gasteiger partial charge in [-0.05, 0) is 24.7 Å². The molecule has 0 unspecified atom stereocenters. The lowest BCUT2D eigenvalue weighted by molar-refractivity contribution is 0.306. The number of hydrogen-bond donors (Lipinski definition) is 1. The van der Waals surface area contributed by atoms with Crippen LogP contribution in [-0.4, -0.2) is 16.1 Å². The quantitative estimate of drug-likeness (QED) is 0.870. The third-order valence-corrected chi connectivity index (χ3v) is 4.06. The van der Waals surface area contributed by atoms with E-state index in [2.05, 4.69) is 17.2 Å². The Morgan fingerprint density at radius 3 is 2.82 bits per heavy atom. The Labute approximate surface area is 102 Å². The van der Waals surface area contributed by atoms with E-state index in [9.17, 15) is 4.79 Å². The van der Waals surface area contributed by atoms with Gasteiger partial charge in [0.25, 0.3) is 5.56 Å². The van der Waals surface area contributed by atoms with Crippen LogP contribution in [0.5, 0.6) is 0 Å². The van der Waals surface area contributed by atoms with Gasteiger partial charge in [-0.25, -0.2) is 4.98 Å². The van der Waals surface area contributed by atoms with E-state index in [1.54, 1.807) is 24.0 Å². The van der Waals surface area contributed by atoms with Crippen LogP contribution >= 0.6 is 0 Å². The van der Waals surface area contributed by atoms with Gasteiger partial charge >= 0.3 is 0 Å². The van der Waals surface area contributed by atoms with E-state index in [1.165, 1.54) is 32.1 Å². The van der Waals surface area contributed by atoms with Gasteiger partial charge in [-0.1, -0.05) is 19.8 Å². The summed E-state index contributed by atoms with van der Waals surface area (Å²) in [6.45, 7) is 3.11. The highest BCUT2D eigenvalue weighted by Crippen LogP contribution is 2.40. The minimum Gasteiger partial charge on any atom is -0.365 e. The maximum Gasteiger partial charge on any atom is 0.293 e. The number of aromatic nitrogens is 2. The standard InChI is InChI=1S/C13H21N3O/c1-3-13(6-4-5-7-13)10-15-11-12(17)16(2)9-8-14-11/h8-9H,3-7,10H2,1-2H3,(H,14,15). The van der Waals surface area contributed by atoms with Gasteiger partial charge in [0, 0.05) is 26.0 Å². The zero-order valence-electron chi connectivity index (χ0n) is 10.7. The highest BCUT2D eigenvalue weighted by Gasteiger charge is 2.31. The Kier molecular flexibility index (Phi) is 3.50. The van der Waals surface area contributed by atoms with Crippen LogP contribution in [0.15, 0.2) is 17.2 Å². The van der Waals surface area contributed by atoms with E-state index in [4.69, 9.17) is 0 Å². The highest BCUT2D eigenvalue weighted by molar-refractivity contribution is 5.31. The normalized spacial score (nSPS) is 18.2. The van der Waals surface area contributed by atoms with Crippen molar-refractivity contribution in [3.8, 4) is 0 Å². The van der Waals surface area contributed by atoms with E-state index in [0.717, 1.165) is 6.54 Å². The Bertz CT molecular complexity index is 433. The molecule has 0 aliphatic heterocycles. The summed E-state index contributed by atoms with van der Waals surface area (Å²) in [5.41, 5.74) is 0.333. The number of rotatable bonds is 4. The van der Waals surface area contributed by atoms with Crippen molar-refractivity contribution in [2.45, 2.75) is 39.0 Å². The Balaban J connectivity index is 2.07. The van der Waals surface area contributed by atoms with E-state index in [0.29, 0.717) is 11.2 Å². The van der Waals surface area contributed by atoms with Crippen molar-refractivity contribution in [2.24, 2.45) is 12.5 Å². The van der Waals surface area contributed by atoms with Crippen LogP contribution in [0.3, 0.4) is 0 Å². The molecule has 0 spiro atoms. The molecule has 1 heterocycles. The molecule has 1 aliphatic rings. The summed E-state index contributed by atoms with van der Waals surface area (Å²) in [5, 5.41) is 3.24. The largest absolute Gasteiger partial charge is 0.365 e. The maximum atomic E-state index is 11.8. The van der Waals surface area contributed by atoms with Gasteiger partial charge in [-0.2, -0.15) is 0 Å². The van der Waals surface area contributed by atoms with Gasteiger partial charge in [0.2, 0.25) is 0 Å². The fourth-order valence-electron chi connectivity index (χ4n) is 2.67. The summed E-state index contributed by atoms with van der Waals surface area (Å²) in [5.74, 6) is 0.481. The van der Waals surface area contributed by atoms with E-state index >= 15 is 0 Å². The topological polar surface area (TPSA) is 46.9 Å². The summed E-state index contributed by atoms with van der Waals surface area (Å²) in [4.78, 5) is 15.9. The molecule has 1 aromatic heterocycles. The summed E-state index contributed by atoms with van der Waals surface area (Å²) in [7, 11) is 1.75. The average molecular weight is 235 g/mol. The monoisotopic (exact) mass is 235 g/mol. The highest BCUT2D eigenvalue weighted by atomic mass is 16.1. The third-order valence-electron chi connectivity index (χ3n) is 4.06. The molecule has 17 heavy (non-hydrogen) atoms. The molecule has 4 nitrogen and oxygen atoms in total. The van der Waals surface area contributed by atoms with E-state index < -0.39 is 0 Å². The van der Waals surface area contributed by atoms with Crippen molar-refractivity contribution < 1.29 is 0 Å². The summed E-state index contributed by atoms with van der Waals surface area (Å²) in [6.07, 6.45) is 9.68. The van der Waals surface area contributed by atoms with Crippen LogP contribution in [-0.2, 0) is 7.05 Å².